The van der Waals surface area contributed by atoms with Gasteiger partial charge in [-0.3, -0.25) is 0 Å². The topological polar surface area (TPSA) is 26.0 Å². The molecule has 0 aliphatic heterocycles. The average Bonchev–Trinajstić information content (AvgIpc) is 2.54. The molecule has 16 heavy (non-hydrogen) atoms. The van der Waals surface area contributed by atoms with Crippen molar-refractivity contribution in [2.75, 3.05) is 0 Å². The van der Waals surface area contributed by atoms with Crippen LogP contribution in [0, 0.1) is 12.3 Å². The predicted molar refractivity (Wildman–Crippen MR) is 66.5 cm³/mol. The Bertz CT molecular complexity index is 491. The maximum Gasteiger partial charge on any atom is 0.192 e. The van der Waals surface area contributed by atoms with Crippen LogP contribution in [0.4, 0.5) is 0 Å². The second-order valence-corrected chi connectivity index (χ2v) is 5.56. The molecule has 1 aromatic carbocycles. The van der Waals surface area contributed by atoms with Gasteiger partial charge in [0.1, 0.15) is 5.52 Å². The second kappa shape index (κ2) is 3.93. The number of oxazole rings is 1. The molecule has 2 nitrogen and oxygen atoms in total. The summed E-state index contributed by atoms with van der Waals surface area (Å²) in [6, 6.07) is 6.20. The van der Waals surface area contributed by atoms with Gasteiger partial charge < -0.3 is 4.42 Å². The van der Waals surface area contributed by atoms with Gasteiger partial charge in [-0.05, 0) is 29.9 Å². The molecule has 0 N–H and O–H groups in total. The largest absolute Gasteiger partial charge is 0.441 e. The summed E-state index contributed by atoms with van der Waals surface area (Å²) in [6.45, 7) is 8.68. The minimum Gasteiger partial charge on any atom is -0.441 e. The second-order valence-electron chi connectivity index (χ2n) is 5.56. The van der Waals surface area contributed by atoms with E-state index in [2.05, 4.69) is 37.9 Å². The number of para-hydroxylation sites is 1. The van der Waals surface area contributed by atoms with E-state index < -0.39 is 0 Å². The molecule has 2 heteroatoms. The van der Waals surface area contributed by atoms with Crippen LogP contribution in [0.3, 0.4) is 0 Å². The first-order valence-corrected chi connectivity index (χ1v) is 5.81. The molecule has 2 aromatic rings. The van der Waals surface area contributed by atoms with Crippen molar-refractivity contribution >= 4 is 11.1 Å². The number of hydrogen-bond acceptors (Lipinski definition) is 2. The normalized spacial score (nSPS) is 12.2. The molecule has 0 saturated carbocycles. The fourth-order valence-electron chi connectivity index (χ4n) is 1.82. The van der Waals surface area contributed by atoms with Gasteiger partial charge in [-0.1, -0.05) is 32.9 Å². The highest BCUT2D eigenvalue weighted by Crippen LogP contribution is 2.26. The van der Waals surface area contributed by atoms with Gasteiger partial charge in [-0.15, -0.1) is 0 Å². The Morgan fingerprint density at radius 3 is 2.69 bits per heavy atom. The van der Waals surface area contributed by atoms with Gasteiger partial charge >= 0.3 is 0 Å². The first-order chi connectivity index (χ1) is 7.46. The van der Waals surface area contributed by atoms with Gasteiger partial charge in [0.2, 0.25) is 0 Å². The van der Waals surface area contributed by atoms with Crippen LogP contribution in [0.2, 0.25) is 0 Å². The molecule has 0 aliphatic rings. The minimum absolute atomic E-state index is 0.358. The lowest BCUT2D eigenvalue weighted by molar-refractivity contribution is 0.378. The monoisotopic (exact) mass is 217 g/mol. The summed E-state index contributed by atoms with van der Waals surface area (Å²) >= 11 is 0. The van der Waals surface area contributed by atoms with E-state index in [1.807, 2.05) is 13.0 Å². The molecule has 0 atom stereocenters. The Hall–Kier alpha value is -1.31. The third-order valence-electron chi connectivity index (χ3n) is 2.75. The molecule has 0 fully saturated rings. The zero-order valence-electron chi connectivity index (χ0n) is 10.5. The van der Waals surface area contributed by atoms with Gasteiger partial charge in [-0.25, -0.2) is 4.98 Å². The van der Waals surface area contributed by atoms with E-state index in [0.717, 1.165) is 29.8 Å². The smallest absolute Gasteiger partial charge is 0.192 e. The van der Waals surface area contributed by atoms with Gasteiger partial charge in [0.05, 0.1) is 0 Å². The third kappa shape index (κ3) is 2.43. The van der Waals surface area contributed by atoms with Crippen LogP contribution < -0.4 is 0 Å². The fourth-order valence-corrected chi connectivity index (χ4v) is 1.82. The highest BCUT2D eigenvalue weighted by Gasteiger charge is 2.13. The molecule has 0 unspecified atom stereocenters. The number of fused-ring (bicyclic) bond motifs is 1. The fraction of sp³-hybridized carbons (Fsp3) is 0.500. The quantitative estimate of drug-likeness (QED) is 0.756. The summed E-state index contributed by atoms with van der Waals surface area (Å²) in [7, 11) is 0. The van der Waals surface area contributed by atoms with Crippen LogP contribution in [0.5, 0.6) is 0 Å². The van der Waals surface area contributed by atoms with E-state index >= 15 is 0 Å². The molecule has 86 valence electrons. The van der Waals surface area contributed by atoms with Crippen LogP contribution in [0.25, 0.3) is 11.1 Å². The number of aryl methyl sites for hydroxylation is 2. The molecule has 1 aromatic heterocycles. The summed E-state index contributed by atoms with van der Waals surface area (Å²) in [5.41, 5.74) is 3.57. The van der Waals surface area contributed by atoms with E-state index in [-0.39, 0.29) is 0 Å². The summed E-state index contributed by atoms with van der Waals surface area (Å²) < 4.78 is 5.65. The Labute approximate surface area is 96.7 Å². The van der Waals surface area contributed by atoms with Crippen molar-refractivity contribution in [1.29, 1.82) is 0 Å². The van der Waals surface area contributed by atoms with Crippen molar-refractivity contribution in [2.24, 2.45) is 5.41 Å². The zero-order valence-corrected chi connectivity index (χ0v) is 10.5. The first-order valence-electron chi connectivity index (χ1n) is 5.81. The van der Waals surface area contributed by atoms with Gasteiger partial charge in [0, 0.05) is 6.92 Å². The van der Waals surface area contributed by atoms with Crippen molar-refractivity contribution in [3.8, 4) is 0 Å². The SMILES string of the molecule is Cc1nc2cccc(CCC(C)(C)C)c2o1. The summed E-state index contributed by atoms with van der Waals surface area (Å²) in [5.74, 6) is 0.748. The molecule has 0 spiro atoms. The molecular formula is C14H19NO. The lowest BCUT2D eigenvalue weighted by atomic mass is 9.88. The lowest BCUT2D eigenvalue weighted by Crippen LogP contribution is -2.06. The zero-order chi connectivity index (χ0) is 11.8. The van der Waals surface area contributed by atoms with E-state index in [9.17, 15) is 0 Å². The molecule has 2 rings (SSSR count). The highest BCUT2D eigenvalue weighted by atomic mass is 16.3. The van der Waals surface area contributed by atoms with Crippen molar-refractivity contribution < 1.29 is 4.42 Å². The third-order valence-corrected chi connectivity index (χ3v) is 2.75. The highest BCUT2D eigenvalue weighted by molar-refractivity contribution is 5.76. The Morgan fingerprint density at radius 2 is 2.00 bits per heavy atom. The molecule has 0 amide bonds. The van der Waals surface area contributed by atoms with Crippen molar-refractivity contribution in [1.82, 2.24) is 4.98 Å². The van der Waals surface area contributed by atoms with Crippen LogP contribution in [-0.2, 0) is 6.42 Å². The van der Waals surface area contributed by atoms with Gasteiger partial charge in [-0.2, -0.15) is 0 Å². The number of nitrogens with zero attached hydrogens (tertiary/aromatic N) is 1. The standard InChI is InChI=1S/C14H19NO/c1-10-15-12-7-5-6-11(13(12)16-10)8-9-14(2,3)4/h5-7H,8-9H2,1-4H3. The molecule has 0 saturated heterocycles. The average molecular weight is 217 g/mol. The molecule has 0 bridgehead atoms. The van der Waals surface area contributed by atoms with Crippen LogP contribution in [0.15, 0.2) is 22.6 Å². The van der Waals surface area contributed by atoms with Gasteiger partial charge in [0.15, 0.2) is 11.5 Å². The van der Waals surface area contributed by atoms with Gasteiger partial charge in [0.25, 0.3) is 0 Å². The van der Waals surface area contributed by atoms with Crippen LogP contribution in [0.1, 0.15) is 38.6 Å². The van der Waals surface area contributed by atoms with E-state index in [1.54, 1.807) is 0 Å². The molecule has 0 aliphatic carbocycles. The molecule has 0 radical (unpaired) electrons. The van der Waals surface area contributed by atoms with E-state index in [0.29, 0.717) is 5.41 Å². The van der Waals surface area contributed by atoms with Crippen LogP contribution in [-0.4, -0.2) is 4.98 Å². The van der Waals surface area contributed by atoms with Crippen molar-refractivity contribution in [3.63, 3.8) is 0 Å². The number of benzene rings is 1. The Kier molecular flexibility index (Phi) is 2.75. The molecular weight excluding hydrogens is 198 g/mol. The summed E-state index contributed by atoms with van der Waals surface area (Å²) in [6.07, 6.45) is 2.21. The number of rotatable bonds is 2. The minimum atomic E-state index is 0.358. The Morgan fingerprint density at radius 1 is 1.25 bits per heavy atom. The summed E-state index contributed by atoms with van der Waals surface area (Å²) in [4.78, 5) is 4.35. The summed E-state index contributed by atoms with van der Waals surface area (Å²) in [5, 5.41) is 0. The number of hydrogen-bond donors (Lipinski definition) is 0. The predicted octanol–water partition coefficient (Wildman–Crippen LogP) is 4.11. The lowest BCUT2D eigenvalue weighted by Gasteiger charge is -2.17. The van der Waals surface area contributed by atoms with E-state index in [4.69, 9.17) is 4.42 Å². The maximum atomic E-state index is 5.65. The van der Waals surface area contributed by atoms with Crippen LogP contribution >= 0.6 is 0 Å². The molecule has 1 heterocycles. The first kappa shape index (κ1) is 11.2. The maximum absolute atomic E-state index is 5.65. The number of aromatic nitrogens is 1. The van der Waals surface area contributed by atoms with Crippen molar-refractivity contribution in [2.45, 2.75) is 40.5 Å². The Balaban J connectivity index is 2.30. The van der Waals surface area contributed by atoms with Crippen molar-refractivity contribution in [3.05, 3.63) is 29.7 Å². The van der Waals surface area contributed by atoms with E-state index in [1.165, 1.54) is 5.56 Å².